The molecule has 0 aromatic carbocycles. The minimum atomic E-state index is -4.39. The van der Waals surface area contributed by atoms with E-state index in [9.17, 15) is 13.2 Å². The highest BCUT2D eigenvalue weighted by Gasteiger charge is 2.37. The van der Waals surface area contributed by atoms with Gasteiger partial charge in [-0.1, -0.05) is 6.92 Å². The van der Waals surface area contributed by atoms with Crippen LogP contribution in [-0.4, -0.2) is 20.9 Å². The van der Waals surface area contributed by atoms with Gasteiger partial charge in [0.15, 0.2) is 11.2 Å². The number of halogens is 3. The summed E-state index contributed by atoms with van der Waals surface area (Å²) >= 11 is 0. The molecule has 1 aromatic rings. The molecule has 0 fully saturated rings. The fourth-order valence-electron chi connectivity index (χ4n) is 1.67. The molecule has 1 aromatic heterocycles. The van der Waals surface area contributed by atoms with E-state index in [1.807, 2.05) is 6.92 Å². The van der Waals surface area contributed by atoms with E-state index in [2.05, 4.69) is 10.1 Å². The minimum absolute atomic E-state index is 0.215. The van der Waals surface area contributed by atoms with E-state index in [4.69, 9.17) is 10.5 Å². The van der Waals surface area contributed by atoms with Crippen molar-refractivity contribution in [2.45, 2.75) is 45.3 Å². The second-order valence-corrected chi connectivity index (χ2v) is 4.53. The zero-order chi connectivity index (χ0) is 15.2. The second-order valence-electron chi connectivity index (χ2n) is 4.53. The van der Waals surface area contributed by atoms with Crippen LogP contribution in [0.2, 0.25) is 0 Å². The Hall–Kier alpha value is -2.09. The van der Waals surface area contributed by atoms with Gasteiger partial charge in [0, 0.05) is 12.8 Å². The van der Waals surface area contributed by atoms with Crippen molar-refractivity contribution in [2.75, 3.05) is 0 Å². The maximum atomic E-state index is 12.2. The summed E-state index contributed by atoms with van der Waals surface area (Å²) in [5.74, 6) is 0.549. The first-order valence-electron chi connectivity index (χ1n) is 6.12. The van der Waals surface area contributed by atoms with Crippen molar-refractivity contribution in [2.24, 2.45) is 5.41 Å². The standard InChI is InChI=1S/C12H14F3N5/c1-2-3-10-18-9-20(19-10)8-11(6-16,7-17)4-5-12(13,14)15/h9H,2-5,8H2,1H3. The zero-order valence-electron chi connectivity index (χ0n) is 11.0. The number of rotatable bonds is 6. The molecule has 20 heavy (non-hydrogen) atoms. The number of nitriles is 2. The summed E-state index contributed by atoms with van der Waals surface area (Å²) in [6.07, 6.45) is -3.34. The van der Waals surface area contributed by atoms with Crippen LogP contribution in [0.25, 0.3) is 0 Å². The summed E-state index contributed by atoms with van der Waals surface area (Å²) in [5, 5.41) is 22.1. The molecule has 0 bridgehead atoms. The second kappa shape index (κ2) is 6.38. The van der Waals surface area contributed by atoms with Gasteiger partial charge in [-0.15, -0.1) is 0 Å². The summed E-state index contributed by atoms with van der Waals surface area (Å²) < 4.78 is 38.0. The Labute approximate surface area is 114 Å². The number of aromatic nitrogens is 3. The predicted molar refractivity (Wildman–Crippen MR) is 63.0 cm³/mol. The van der Waals surface area contributed by atoms with Gasteiger partial charge in [-0.2, -0.15) is 28.8 Å². The third-order valence-electron chi connectivity index (χ3n) is 2.75. The van der Waals surface area contributed by atoms with Crippen molar-refractivity contribution in [1.29, 1.82) is 10.5 Å². The molecule has 0 atom stereocenters. The van der Waals surface area contributed by atoms with Crippen LogP contribution < -0.4 is 0 Å². The summed E-state index contributed by atoms with van der Waals surface area (Å²) in [7, 11) is 0. The average Bonchev–Trinajstić information content (AvgIpc) is 2.81. The van der Waals surface area contributed by atoms with E-state index in [1.54, 1.807) is 12.1 Å². The fourth-order valence-corrected chi connectivity index (χ4v) is 1.67. The maximum absolute atomic E-state index is 12.2. The molecule has 108 valence electrons. The Balaban J connectivity index is 2.81. The molecule has 0 unspecified atom stereocenters. The van der Waals surface area contributed by atoms with E-state index >= 15 is 0 Å². The SMILES string of the molecule is CCCc1ncn(CC(C#N)(C#N)CCC(F)(F)F)n1. The smallest absolute Gasteiger partial charge is 0.250 e. The monoisotopic (exact) mass is 285 g/mol. The van der Waals surface area contributed by atoms with Crippen LogP contribution in [0.1, 0.15) is 32.0 Å². The van der Waals surface area contributed by atoms with Crippen LogP contribution in [-0.2, 0) is 13.0 Å². The third kappa shape index (κ3) is 4.54. The Kier molecular flexibility index (Phi) is 5.09. The predicted octanol–water partition coefficient (Wildman–Crippen LogP) is 2.61. The van der Waals surface area contributed by atoms with Gasteiger partial charge in [-0.05, 0) is 12.8 Å². The number of aryl methyl sites for hydroxylation is 1. The van der Waals surface area contributed by atoms with Crippen LogP contribution in [0.3, 0.4) is 0 Å². The van der Waals surface area contributed by atoms with Gasteiger partial charge in [0.1, 0.15) is 6.33 Å². The van der Waals surface area contributed by atoms with Crippen LogP contribution in [0, 0.1) is 28.1 Å². The summed E-state index contributed by atoms with van der Waals surface area (Å²) in [6.45, 7) is 1.73. The number of alkyl halides is 3. The lowest BCUT2D eigenvalue weighted by Crippen LogP contribution is -2.26. The first-order valence-corrected chi connectivity index (χ1v) is 6.12. The van der Waals surface area contributed by atoms with E-state index < -0.39 is 24.4 Å². The van der Waals surface area contributed by atoms with E-state index in [0.29, 0.717) is 12.2 Å². The Morgan fingerprint density at radius 2 is 1.90 bits per heavy atom. The molecular weight excluding hydrogens is 271 g/mol. The molecule has 0 amide bonds. The first-order chi connectivity index (χ1) is 9.34. The molecule has 0 saturated heterocycles. The quantitative estimate of drug-likeness (QED) is 0.804. The Morgan fingerprint density at radius 1 is 1.25 bits per heavy atom. The van der Waals surface area contributed by atoms with Gasteiger partial charge < -0.3 is 0 Å². The number of nitrogens with zero attached hydrogens (tertiary/aromatic N) is 5. The highest BCUT2D eigenvalue weighted by Crippen LogP contribution is 2.31. The first kappa shape index (κ1) is 16.0. The maximum Gasteiger partial charge on any atom is 0.389 e. The van der Waals surface area contributed by atoms with Gasteiger partial charge in [0.25, 0.3) is 0 Å². The van der Waals surface area contributed by atoms with Crippen molar-refractivity contribution in [1.82, 2.24) is 14.8 Å². The average molecular weight is 285 g/mol. The van der Waals surface area contributed by atoms with E-state index in [-0.39, 0.29) is 6.54 Å². The molecule has 5 nitrogen and oxygen atoms in total. The minimum Gasteiger partial charge on any atom is -0.250 e. The molecule has 0 aliphatic rings. The molecule has 0 spiro atoms. The van der Waals surface area contributed by atoms with Crippen molar-refractivity contribution >= 4 is 0 Å². The van der Waals surface area contributed by atoms with Gasteiger partial charge in [-0.25, -0.2) is 4.98 Å². The normalized spacial score (nSPS) is 11.9. The van der Waals surface area contributed by atoms with Gasteiger partial charge >= 0.3 is 6.18 Å². The van der Waals surface area contributed by atoms with Crippen LogP contribution >= 0.6 is 0 Å². The lowest BCUT2D eigenvalue weighted by atomic mass is 9.86. The van der Waals surface area contributed by atoms with Crippen LogP contribution in [0.15, 0.2) is 6.33 Å². The Morgan fingerprint density at radius 3 is 2.40 bits per heavy atom. The molecule has 0 N–H and O–H groups in total. The largest absolute Gasteiger partial charge is 0.389 e. The summed E-state index contributed by atoms with van der Waals surface area (Å²) in [5.41, 5.74) is -1.74. The molecule has 0 saturated carbocycles. The van der Waals surface area contributed by atoms with Crippen molar-refractivity contribution in [3.8, 4) is 12.1 Å². The Bertz CT molecular complexity index is 506. The van der Waals surface area contributed by atoms with Gasteiger partial charge in [0.2, 0.25) is 0 Å². The lowest BCUT2D eigenvalue weighted by Gasteiger charge is -2.18. The molecular formula is C12H14F3N5. The van der Waals surface area contributed by atoms with Crippen molar-refractivity contribution in [3.63, 3.8) is 0 Å². The van der Waals surface area contributed by atoms with Crippen LogP contribution in [0.5, 0.6) is 0 Å². The highest BCUT2D eigenvalue weighted by atomic mass is 19.4. The molecule has 1 heterocycles. The highest BCUT2D eigenvalue weighted by molar-refractivity contribution is 5.13. The number of hydrogen-bond acceptors (Lipinski definition) is 4. The molecule has 8 heteroatoms. The third-order valence-corrected chi connectivity index (χ3v) is 2.75. The van der Waals surface area contributed by atoms with E-state index in [1.165, 1.54) is 11.0 Å². The van der Waals surface area contributed by atoms with Gasteiger partial charge in [-0.3, -0.25) is 4.68 Å². The topological polar surface area (TPSA) is 78.3 Å². The summed E-state index contributed by atoms with van der Waals surface area (Å²) in [4.78, 5) is 3.98. The summed E-state index contributed by atoms with van der Waals surface area (Å²) in [6, 6.07) is 3.36. The van der Waals surface area contributed by atoms with Crippen molar-refractivity contribution < 1.29 is 13.2 Å². The molecule has 0 radical (unpaired) electrons. The van der Waals surface area contributed by atoms with Gasteiger partial charge in [0.05, 0.1) is 18.7 Å². The molecule has 1 rings (SSSR count). The number of hydrogen-bond donors (Lipinski definition) is 0. The zero-order valence-corrected chi connectivity index (χ0v) is 11.0. The fraction of sp³-hybridized carbons (Fsp3) is 0.667. The van der Waals surface area contributed by atoms with Crippen LogP contribution in [0.4, 0.5) is 13.2 Å². The lowest BCUT2D eigenvalue weighted by molar-refractivity contribution is -0.138. The van der Waals surface area contributed by atoms with E-state index in [0.717, 1.165) is 6.42 Å². The van der Waals surface area contributed by atoms with Crippen molar-refractivity contribution in [3.05, 3.63) is 12.2 Å². The molecule has 0 aliphatic carbocycles. The molecule has 0 aliphatic heterocycles.